The van der Waals surface area contributed by atoms with Gasteiger partial charge in [0.1, 0.15) is 10.9 Å². The van der Waals surface area contributed by atoms with Crippen LogP contribution in [0, 0.1) is 11.3 Å². The first-order valence-corrected chi connectivity index (χ1v) is 5.43. The lowest BCUT2D eigenvalue weighted by Crippen LogP contribution is -2.29. The highest BCUT2D eigenvalue weighted by atomic mass is 35.5. The zero-order chi connectivity index (χ0) is 11.3. The Morgan fingerprint density at radius 3 is 3.00 bits per heavy atom. The molecule has 0 fully saturated rings. The number of rotatable bonds is 4. The average molecular weight is 245 g/mol. The van der Waals surface area contributed by atoms with Gasteiger partial charge in [-0.05, 0) is 6.92 Å². The Balaban J connectivity index is 2.52. The Kier molecular flexibility index (Phi) is 4.34. The number of aromatic nitrogens is 1. The summed E-state index contributed by atoms with van der Waals surface area (Å²) in [6.45, 7) is 2.55. The van der Waals surface area contributed by atoms with Gasteiger partial charge in [-0.15, -0.1) is 0 Å². The van der Waals surface area contributed by atoms with Gasteiger partial charge >= 0.3 is 0 Å². The third-order valence-electron chi connectivity index (χ3n) is 1.46. The van der Waals surface area contributed by atoms with Gasteiger partial charge < -0.3 is 10.6 Å². The molecule has 0 atom stereocenters. The summed E-state index contributed by atoms with van der Waals surface area (Å²) in [5.41, 5.74) is 0. The largest absolute Gasteiger partial charge is 0.355 e. The third kappa shape index (κ3) is 3.38. The lowest BCUT2D eigenvalue weighted by Gasteiger charge is -2.01. The molecule has 1 heterocycles. The van der Waals surface area contributed by atoms with Crippen LogP contribution in [-0.2, 0) is 4.79 Å². The van der Waals surface area contributed by atoms with E-state index in [1.165, 1.54) is 0 Å². The van der Waals surface area contributed by atoms with Crippen molar-refractivity contribution in [3.05, 3.63) is 10.0 Å². The monoisotopic (exact) mass is 244 g/mol. The molecule has 0 aliphatic carbocycles. The summed E-state index contributed by atoms with van der Waals surface area (Å²) in [5, 5.41) is 14.7. The SMILES string of the molecule is CCNC(=O)CNc1nc(Cl)c(C#N)s1. The molecule has 1 aromatic rings. The normalized spacial score (nSPS) is 9.40. The highest BCUT2D eigenvalue weighted by molar-refractivity contribution is 7.16. The van der Waals surface area contributed by atoms with Crippen LogP contribution in [0.1, 0.15) is 11.8 Å². The third-order valence-corrected chi connectivity index (χ3v) is 2.76. The number of thiazole rings is 1. The first kappa shape index (κ1) is 11.8. The number of anilines is 1. The van der Waals surface area contributed by atoms with Gasteiger partial charge in [0.2, 0.25) is 5.91 Å². The minimum absolute atomic E-state index is 0.123. The fourth-order valence-electron chi connectivity index (χ4n) is 0.862. The summed E-state index contributed by atoms with van der Waals surface area (Å²) >= 11 is 6.78. The van der Waals surface area contributed by atoms with E-state index in [4.69, 9.17) is 16.9 Å². The Morgan fingerprint density at radius 1 is 1.73 bits per heavy atom. The van der Waals surface area contributed by atoms with E-state index in [2.05, 4.69) is 15.6 Å². The van der Waals surface area contributed by atoms with Crippen LogP contribution in [0.4, 0.5) is 5.13 Å². The predicted octanol–water partition coefficient (Wildman–Crippen LogP) is 1.22. The lowest BCUT2D eigenvalue weighted by atomic mass is 10.5. The maximum absolute atomic E-state index is 11.1. The topological polar surface area (TPSA) is 77.8 Å². The number of hydrogen-bond donors (Lipinski definition) is 2. The molecule has 0 saturated heterocycles. The quantitative estimate of drug-likeness (QED) is 0.835. The van der Waals surface area contributed by atoms with Gasteiger partial charge in [0.05, 0.1) is 6.54 Å². The van der Waals surface area contributed by atoms with Crippen molar-refractivity contribution >= 4 is 34.0 Å². The van der Waals surface area contributed by atoms with Crippen LogP contribution in [0.2, 0.25) is 5.15 Å². The zero-order valence-corrected chi connectivity index (χ0v) is 9.58. The molecule has 0 aliphatic heterocycles. The van der Waals surface area contributed by atoms with E-state index in [1.54, 1.807) is 0 Å². The second kappa shape index (κ2) is 5.53. The molecule has 0 saturated carbocycles. The van der Waals surface area contributed by atoms with Crippen LogP contribution in [0.3, 0.4) is 0 Å². The van der Waals surface area contributed by atoms with Crippen LogP contribution in [-0.4, -0.2) is 24.0 Å². The molecule has 80 valence electrons. The molecule has 0 aromatic carbocycles. The number of halogens is 1. The Morgan fingerprint density at radius 2 is 2.47 bits per heavy atom. The molecule has 15 heavy (non-hydrogen) atoms. The number of nitriles is 1. The van der Waals surface area contributed by atoms with E-state index in [-0.39, 0.29) is 17.6 Å². The number of hydrogen-bond acceptors (Lipinski definition) is 5. The molecule has 1 rings (SSSR count). The van der Waals surface area contributed by atoms with Crippen molar-refractivity contribution in [2.24, 2.45) is 0 Å². The smallest absolute Gasteiger partial charge is 0.239 e. The van der Waals surface area contributed by atoms with Crippen LogP contribution in [0.25, 0.3) is 0 Å². The first-order chi connectivity index (χ1) is 7.17. The number of carbonyl (C=O) groups is 1. The number of carbonyl (C=O) groups excluding carboxylic acids is 1. The average Bonchev–Trinajstić information content (AvgIpc) is 2.56. The summed E-state index contributed by atoms with van der Waals surface area (Å²) in [6.07, 6.45) is 0. The molecular weight excluding hydrogens is 236 g/mol. The van der Waals surface area contributed by atoms with Gasteiger partial charge in [-0.1, -0.05) is 22.9 Å². The lowest BCUT2D eigenvalue weighted by molar-refractivity contribution is -0.119. The molecule has 0 aliphatic rings. The zero-order valence-electron chi connectivity index (χ0n) is 8.00. The van der Waals surface area contributed by atoms with Crippen molar-refractivity contribution in [2.75, 3.05) is 18.4 Å². The van der Waals surface area contributed by atoms with Gasteiger partial charge in [-0.25, -0.2) is 4.98 Å². The number of nitrogens with zero attached hydrogens (tertiary/aromatic N) is 2. The molecule has 2 N–H and O–H groups in total. The van der Waals surface area contributed by atoms with Crippen molar-refractivity contribution in [2.45, 2.75) is 6.92 Å². The minimum Gasteiger partial charge on any atom is -0.355 e. The van der Waals surface area contributed by atoms with Crippen LogP contribution in [0.15, 0.2) is 0 Å². The maximum Gasteiger partial charge on any atom is 0.239 e. The molecule has 0 radical (unpaired) electrons. The van der Waals surface area contributed by atoms with E-state index in [1.807, 2.05) is 13.0 Å². The van der Waals surface area contributed by atoms with Gasteiger partial charge in [0.25, 0.3) is 0 Å². The molecule has 1 aromatic heterocycles. The molecule has 7 heteroatoms. The van der Waals surface area contributed by atoms with E-state index in [9.17, 15) is 4.79 Å². The van der Waals surface area contributed by atoms with Crippen molar-refractivity contribution in [1.82, 2.24) is 10.3 Å². The number of likely N-dealkylation sites (N-methyl/N-ethyl adjacent to an activating group) is 1. The molecule has 1 amide bonds. The molecule has 0 spiro atoms. The van der Waals surface area contributed by atoms with Gasteiger partial charge in [-0.3, -0.25) is 4.79 Å². The summed E-state index contributed by atoms with van der Waals surface area (Å²) in [6, 6.07) is 1.91. The molecular formula is C8H9ClN4OS. The molecule has 5 nitrogen and oxygen atoms in total. The Labute approximate surface area is 96.1 Å². The van der Waals surface area contributed by atoms with E-state index >= 15 is 0 Å². The Bertz CT molecular complexity index is 398. The van der Waals surface area contributed by atoms with Crippen LogP contribution in [0.5, 0.6) is 0 Å². The van der Waals surface area contributed by atoms with Crippen molar-refractivity contribution in [1.29, 1.82) is 5.26 Å². The predicted molar refractivity (Wildman–Crippen MR) is 59.0 cm³/mol. The van der Waals surface area contributed by atoms with E-state index in [0.717, 1.165) is 11.3 Å². The number of amides is 1. The highest BCUT2D eigenvalue weighted by Gasteiger charge is 2.08. The fraction of sp³-hybridized carbons (Fsp3) is 0.375. The van der Waals surface area contributed by atoms with Gasteiger partial charge in [-0.2, -0.15) is 5.26 Å². The summed E-state index contributed by atoms with van der Waals surface area (Å²) in [4.78, 5) is 15.3. The van der Waals surface area contributed by atoms with Crippen molar-refractivity contribution in [3.8, 4) is 6.07 Å². The molecule has 0 unspecified atom stereocenters. The van der Waals surface area contributed by atoms with Gasteiger partial charge in [0.15, 0.2) is 10.3 Å². The summed E-state index contributed by atoms with van der Waals surface area (Å²) in [5.74, 6) is -0.123. The standard InChI is InChI=1S/C8H9ClN4OS/c1-2-11-6(14)4-12-8-13-7(9)5(3-10)15-8/h2,4H2,1H3,(H,11,14)(H,12,13). The van der Waals surface area contributed by atoms with Crippen molar-refractivity contribution in [3.63, 3.8) is 0 Å². The Hall–Kier alpha value is -1.32. The van der Waals surface area contributed by atoms with Crippen LogP contribution < -0.4 is 10.6 Å². The second-order valence-corrected chi connectivity index (χ2v) is 3.91. The van der Waals surface area contributed by atoms with E-state index < -0.39 is 0 Å². The maximum atomic E-state index is 11.1. The highest BCUT2D eigenvalue weighted by Crippen LogP contribution is 2.25. The molecule has 0 bridgehead atoms. The van der Waals surface area contributed by atoms with Gasteiger partial charge in [0, 0.05) is 6.54 Å². The minimum atomic E-state index is -0.123. The summed E-state index contributed by atoms with van der Waals surface area (Å²) < 4.78 is 0. The fourth-order valence-corrected chi connectivity index (χ4v) is 1.80. The number of nitrogens with one attached hydrogen (secondary N) is 2. The summed E-state index contributed by atoms with van der Waals surface area (Å²) in [7, 11) is 0. The first-order valence-electron chi connectivity index (χ1n) is 4.24. The van der Waals surface area contributed by atoms with E-state index in [0.29, 0.717) is 16.6 Å². The van der Waals surface area contributed by atoms with Crippen LogP contribution >= 0.6 is 22.9 Å². The second-order valence-electron chi connectivity index (χ2n) is 2.56. The van der Waals surface area contributed by atoms with Crippen molar-refractivity contribution < 1.29 is 4.79 Å².